The number of β-amino-alcohol motifs (C(OH)–C–C–N with tert-alkyl or cyclic N) is 1. The molecular formula is C10H21NO. The van der Waals surface area contributed by atoms with Crippen LogP contribution in [0.25, 0.3) is 0 Å². The van der Waals surface area contributed by atoms with E-state index in [-0.39, 0.29) is 11.6 Å². The van der Waals surface area contributed by atoms with Crippen LogP contribution in [0.5, 0.6) is 0 Å². The molecule has 0 aromatic carbocycles. The molecule has 1 aliphatic rings. The van der Waals surface area contributed by atoms with Gasteiger partial charge in [-0.3, -0.25) is 4.90 Å². The molecule has 2 atom stereocenters. The molecule has 1 aliphatic heterocycles. The quantitative estimate of drug-likeness (QED) is 0.599. The zero-order valence-electron chi connectivity index (χ0n) is 8.67. The third kappa shape index (κ3) is 2.20. The zero-order valence-corrected chi connectivity index (χ0v) is 8.67. The van der Waals surface area contributed by atoms with Gasteiger partial charge in [-0.2, -0.15) is 0 Å². The van der Waals surface area contributed by atoms with E-state index in [1.54, 1.807) is 0 Å². The monoisotopic (exact) mass is 171 g/mol. The normalized spacial score (nSPS) is 33.8. The maximum absolute atomic E-state index is 9.52. The molecule has 0 unspecified atom stereocenters. The molecule has 2 heteroatoms. The number of rotatable bonds is 0. The number of hydrogen-bond acceptors (Lipinski definition) is 2. The van der Waals surface area contributed by atoms with Crippen molar-refractivity contribution in [3.63, 3.8) is 0 Å². The minimum atomic E-state index is -0.111. The molecule has 1 N–H and O–H groups in total. The first kappa shape index (κ1) is 10.0. The Labute approximate surface area is 75.6 Å². The minimum absolute atomic E-state index is 0.111. The summed E-state index contributed by atoms with van der Waals surface area (Å²) >= 11 is 0. The summed E-state index contributed by atoms with van der Waals surface area (Å²) in [7, 11) is 0. The molecule has 0 aromatic heterocycles. The predicted octanol–water partition coefficient (Wildman–Crippen LogP) is 1.63. The zero-order chi connectivity index (χ0) is 9.35. The van der Waals surface area contributed by atoms with Gasteiger partial charge < -0.3 is 5.11 Å². The number of likely N-dealkylation sites (tertiary alicyclic amines) is 1. The molecule has 0 spiro atoms. The van der Waals surface area contributed by atoms with E-state index in [0.717, 1.165) is 19.4 Å². The van der Waals surface area contributed by atoms with E-state index >= 15 is 0 Å². The number of hydrogen-bond donors (Lipinski definition) is 1. The van der Waals surface area contributed by atoms with Crippen molar-refractivity contribution < 1.29 is 5.11 Å². The minimum Gasteiger partial charge on any atom is -0.392 e. The first-order chi connectivity index (χ1) is 5.41. The average molecular weight is 171 g/mol. The topological polar surface area (TPSA) is 23.5 Å². The molecule has 0 amide bonds. The van der Waals surface area contributed by atoms with Gasteiger partial charge in [-0.25, -0.2) is 0 Å². The molecule has 0 aromatic rings. The summed E-state index contributed by atoms with van der Waals surface area (Å²) in [5.41, 5.74) is 0.195. The van der Waals surface area contributed by atoms with Crippen molar-refractivity contribution in [1.29, 1.82) is 0 Å². The molecule has 0 aliphatic carbocycles. The van der Waals surface area contributed by atoms with Crippen LogP contribution in [-0.2, 0) is 0 Å². The van der Waals surface area contributed by atoms with E-state index in [4.69, 9.17) is 0 Å². The highest BCUT2D eigenvalue weighted by Gasteiger charge is 2.31. The summed E-state index contributed by atoms with van der Waals surface area (Å²) in [6.07, 6.45) is 1.98. The van der Waals surface area contributed by atoms with Crippen LogP contribution in [0.15, 0.2) is 0 Å². The van der Waals surface area contributed by atoms with Gasteiger partial charge >= 0.3 is 0 Å². The average Bonchev–Trinajstić information content (AvgIpc) is 1.92. The fourth-order valence-corrected chi connectivity index (χ4v) is 2.02. The van der Waals surface area contributed by atoms with E-state index in [1.165, 1.54) is 0 Å². The third-order valence-corrected chi connectivity index (χ3v) is 2.72. The number of aliphatic hydroxyl groups excluding tert-OH is 1. The fourth-order valence-electron chi connectivity index (χ4n) is 2.02. The summed E-state index contributed by atoms with van der Waals surface area (Å²) in [6, 6.07) is 0.619. The Kier molecular flexibility index (Phi) is 2.79. The maximum atomic E-state index is 9.52. The first-order valence-corrected chi connectivity index (χ1v) is 4.86. The molecule has 0 saturated carbocycles. The van der Waals surface area contributed by atoms with Crippen LogP contribution < -0.4 is 0 Å². The molecule has 2 nitrogen and oxygen atoms in total. The van der Waals surface area contributed by atoms with E-state index < -0.39 is 0 Å². The summed E-state index contributed by atoms with van der Waals surface area (Å²) in [4.78, 5) is 2.39. The summed E-state index contributed by atoms with van der Waals surface area (Å²) in [6.45, 7) is 9.71. The van der Waals surface area contributed by atoms with Gasteiger partial charge in [0.2, 0.25) is 0 Å². The van der Waals surface area contributed by atoms with Gasteiger partial charge in [0.05, 0.1) is 6.10 Å². The molecule has 12 heavy (non-hydrogen) atoms. The number of piperidine rings is 1. The van der Waals surface area contributed by atoms with E-state index in [0.29, 0.717) is 6.04 Å². The molecule has 1 heterocycles. The molecule has 0 radical (unpaired) electrons. The Hall–Kier alpha value is -0.0800. The summed E-state index contributed by atoms with van der Waals surface area (Å²) in [5, 5.41) is 9.52. The predicted molar refractivity (Wildman–Crippen MR) is 51.2 cm³/mol. The van der Waals surface area contributed by atoms with Crippen molar-refractivity contribution in [3.8, 4) is 0 Å². The van der Waals surface area contributed by atoms with Gasteiger partial charge in [0, 0.05) is 18.1 Å². The van der Waals surface area contributed by atoms with E-state index in [1.807, 2.05) is 0 Å². The van der Waals surface area contributed by atoms with Crippen molar-refractivity contribution >= 4 is 0 Å². The van der Waals surface area contributed by atoms with Gasteiger partial charge in [0.15, 0.2) is 0 Å². The van der Waals surface area contributed by atoms with Crippen LogP contribution >= 0.6 is 0 Å². The Bertz CT molecular complexity index is 150. The molecule has 72 valence electrons. The second kappa shape index (κ2) is 3.35. The van der Waals surface area contributed by atoms with E-state index in [9.17, 15) is 5.11 Å². The van der Waals surface area contributed by atoms with Gasteiger partial charge in [-0.05, 0) is 40.5 Å². The molecular weight excluding hydrogens is 150 g/mol. The lowest BCUT2D eigenvalue weighted by molar-refractivity contribution is -0.0101. The standard InChI is InChI=1S/C10H21NO/c1-8-5-6-9(12)7-11(8)10(2,3)4/h8-9,12H,5-7H2,1-4H3/t8-,9+/m1/s1. The van der Waals surface area contributed by atoms with Crippen molar-refractivity contribution in [2.75, 3.05) is 6.54 Å². The second-order valence-corrected chi connectivity index (χ2v) is 4.90. The molecule has 1 fully saturated rings. The smallest absolute Gasteiger partial charge is 0.0668 e. The van der Waals surface area contributed by atoms with Crippen LogP contribution in [0.2, 0.25) is 0 Å². The van der Waals surface area contributed by atoms with Crippen LogP contribution in [0.1, 0.15) is 40.5 Å². The Balaban J connectivity index is 2.61. The molecule has 1 rings (SSSR count). The van der Waals surface area contributed by atoms with Crippen LogP contribution in [-0.4, -0.2) is 34.2 Å². The summed E-state index contributed by atoms with van der Waals surface area (Å²) < 4.78 is 0. The number of nitrogens with zero attached hydrogens (tertiary/aromatic N) is 1. The second-order valence-electron chi connectivity index (χ2n) is 4.90. The maximum Gasteiger partial charge on any atom is 0.0668 e. The highest BCUT2D eigenvalue weighted by Crippen LogP contribution is 2.25. The van der Waals surface area contributed by atoms with Gasteiger partial charge in [-0.1, -0.05) is 0 Å². The number of aliphatic hydroxyl groups is 1. The van der Waals surface area contributed by atoms with Crippen molar-refractivity contribution in [3.05, 3.63) is 0 Å². The Morgan fingerprint density at radius 1 is 1.25 bits per heavy atom. The van der Waals surface area contributed by atoms with Crippen LogP contribution in [0.3, 0.4) is 0 Å². The first-order valence-electron chi connectivity index (χ1n) is 4.86. The molecule has 1 saturated heterocycles. The Morgan fingerprint density at radius 3 is 2.25 bits per heavy atom. The van der Waals surface area contributed by atoms with Gasteiger partial charge in [-0.15, -0.1) is 0 Å². The Morgan fingerprint density at radius 2 is 1.83 bits per heavy atom. The fraction of sp³-hybridized carbons (Fsp3) is 1.00. The van der Waals surface area contributed by atoms with Crippen LogP contribution in [0, 0.1) is 0 Å². The molecule has 0 bridgehead atoms. The van der Waals surface area contributed by atoms with Gasteiger partial charge in [0.1, 0.15) is 0 Å². The lowest BCUT2D eigenvalue weighted by Crippen LogP contribution is -2.53. The van der Waals surface area contributed by atoms with E-state index in [2.05, 4.69) is 32.6 Å². The lowest BCUT2D eigenvalue weighted by Gasteiger charge is -2.44. The summed E-state index contributed by atoms with van der Waals surface area (Å²) in [5.74, 6) is 0. The van der Waals surface area contributed by atoms with Crippen LogP contribution in [0.4, 0.5) is 0 Å². The highest BCUT2D eigenvalue weighted by atomic mass is 16.3. The highest BCUT2D eigenvalue weighted by molar-refractivity contribution is 4.86. The van der Waals surface area contributed by atoms with Crippen molar-refractivity contribution in [2.45, 2.75) is 58.2 Å². The van der Waals surface area contributed by atoms with Gasteiger partial charge in [0.25, 0.3) is 0 Å². The largest absolute Gasteiger partial charge is 0.392 e. The third-order valence-electron chi connectivity index (χ3n) is 2.72. The lowest BCUT2D eigenvalue weighted by atomic mass is 9.94. The van der Waals surface area contributed by atoms with Crippen molar-refractivity contribution in [2.24, 2.45) is 0 Å². The van der Waals surface area contributed by atoms with Crippen molar-refractivity contribution in [1.82, 2.24) is 4.90 Å². The SMILES string of the molecule is C[C@@H]1CC[C@H](O)CN1C(C)(C)C.